The van der Waals surface area contributed by atoms with Gasteiger partial charge in [0.05, 0.1) is 0 Å². The van der Waals surface area contributed by atoms with E-state index < -0.39 is 122 Å². The molecule has 0 saturated carbocycles. The van der Waals surface area contributed by atoms with Crippen LogP contribution in [-0.4, -0.2) is 122 Å². The Morgan fingerprint density at radius 2 is 0.398 bits per heavy atom. The maximum absolute atomic E-state index is 14.8. The zero-order valence-electron chi connectivity index (χ0n) is 66.5. The van der Waals surface area contributed by atoms with Gasteiger partial charge in [-0.3, -0.25) is 38.4 Å². The van der Waals surface area contributed by atoms with Crippen molar-refractivity contribution >= 4 is 47.8 Å². The molecule has 0 N–H and O–H groups in total. The second-order valence-electron chi connectivity index (χ2n) is 29.5. The van der Waals surface area contributed by atoms with Crippen LogP contribution >= 0.6 is 0 Å². The molecule has 0 spiro atoms. The summed E-state index contributed by atoms with van der Waals surface area (Å²) in [6, 6.07) is 0. The van der Waals surface area contributed by atoms with Crippen LogP contribution in [0.2, 0.25) is 0 Å². The number of rotatable bonds is 68. The van der Waals surface area contributed by atoms with Gasteiger partial charge in [0.2, 0.25) is 12.4 Å². The van der Waals surface area contributed by atoms with Gasteiger partial charge in [0.15, 0.2) is 30.7 Å². The van der Waals surface area contributed by atoms with Crippen LogP contribution < -0.4 is 0 Å². The summed E-state index contributed by atoms with van der Waals surface area (Å²) in [7, 11) is 0. The fraction of sp³-hybridized carbons (Fsp3) is 0.905. The maximum atomic E-state index is 14.8. The number of ether oxygens (including phenoxy) is 11. The van der Waals surface area contributed by atoms with Gasteiger partial charge in [-0.2, -0.15) is 0 Å². The second-order valence-corrected chi connectivity index (χ2v) is 29.5. The number of hydrogen-bond donors (Lipinski definition) is 0. The normalized spacial score (nSPS) is 20.2. The van der Waals surface area contributed by atoms with Crippen LogP contribution in [-0.2, 0) is 90.5 Å². The minimum Gasteiger partial charge on any atom is -0.463 e. The summed E-state index contributed by atoms with van der Waals surface area (Å²) in [4.78, 5) is 115. The highest BCUT2D eigenvalue weighted by molar-refractivity contribution is 5.73. The van der Waals surface area contributed by atoms with Gasteiger partial charge < -0.3 is 52.1 Å². The third-order valence-corrected chi connectivity index (χ3v) is 19.8. The summed E-state index contributed by atoms with van der Waals surface area (Å²) in [5, 5.41) is 0. The van der Waals surface area contributed by atoms with Crippen molar-refractivity contribution in [2.24, 2.45) is 0 Å². The first-order chi connectivity index (χ1) is 50.2. The summed E-state index contributed by atoms with van der Waals surface area (Å²) in [6.07, 6.45) is 25.9. The maximum Gasteiger partial charge on any atom is 0.308 e. The number of carbonyl (C=O) groups excluding carboxylic acids is 8. The Bertz CT molecular complexity index is 2160. The number of carbonyl (C=O) groups is 8. The molecule has 0 aromatic heterocycles. The molecule has 19 heteroatoms. The Morgan fingerprint density at radius 1 is 0.204 bits per heavy atom. The van der Waals surface area contributed by atoms with Crippen molar-refractivity contribution in [2.75, 3.05) is 13.2 Å². The number of esters is 8. The predicted octanol–water partition coefficient (Wildman–Crippen LogP) is 21.0. The molecule has 0 aromatic rings. The van der Waals surface area contributed by atoms with Crippen LogP contribution in [0.4, 0.5) is 0 Å². The molecule has 600 valence electrons. The van der Waals surface area contributed by atoms with E-state index >= 15 is 0 Å². The van der Waals surface area contributed by atoms with Crippen molar-refractivity contribution in [1.29, 1.82) is 0 Å². The quantitative estimate of drug-likeness (QED) is 0.0312. The molecule has 0 unspecified atom stereocenters. The summed E-state index contributed by atoms with van der Waals surface area (Å²) < 4.78 is 72.1. The smallest absolute Gasteiger partial charge is 0.308 e. The lowest BCUT2D eigenvalue weighted by Gasteiger charge is -2.48. The number of unbranched alkanes of at least 4 members (excludes halogenated alkanes) is 40. The van der Waals surface area contributed by atoms with E-state index in [1.807, 2.05) is 0 Å². The first kappa shape index (κ1) is 94.7. The summed E-state index contributed by atoms with van der Waals surface area (Å²) in [5.74, 6) is -5.12. The Labute approximate surface area is 625 Å². The van der Waals surface area contributed by atoms with Crippen molar-refractivity contribution < 1.29 is 90.5 Å². The van der Waals surface area contributed by atoms with Crippen molar-refractivity contribution in [3.63, 3.8) is 0 Å². The van der Waals surface area contributed by atoms with E-state index in [4.69, 9.17) is 52.1 Å². The minimum atomic E-state index is -1.85. The molecule has 0 aliphatic carbocycles. The fourth-order valence-electron chi connectivity index (χ4n) is 13.3. The van der Waals surface area contributed by atoms with E-state index in [-0.39, 0.29) is 51.4 Å². The van der Waals surface area contributed by atoms with E-state index in [1.54, 1.807) is 0 Å². The summed E-state index contributed by atoms with van der Waals surface area (Å²) in [5.41, 5.74) is 0. The van der Waals surface area contributed by atoms with E-state index in [2.05, 4.69) is 55.4 Å². The third-order valence-electron chi connectivity index (χ3n) is 19.8. The zero-order chi connectivity index (χ0) is 75.2. The molecule has 2 heterocycles. The SMILES string of the molecule is CCCCCCCCC(=O)OC[C@H]1O[C@@H](O[C@H]2[C@H](OC(=O)CCCCCCCC)[C@@H](OC(=O)CCCCCCCC)[C@@H](OC(=O)CCCCCCCC)O[C@@H]2COC(=O)CCCCCCCC)[C@H](OC(=O)CCCCCCCC)[C@@H](OC(=O)CCCCCCCC)[C@@H]1OC(=O)CCCCCCCC. The van der Waals surface area contributed by atoms with Crippen LogP contribution in [0, 0.1) is 0 Å². The molecule has 0 aromatic carbocycles. The molecule has 10 atom stereocenters. The Morgan fingerprint density at radius 3 is 0.680 bits per heavy atom. The monoisotopic (exact) mass is 1460 g/mol. The van der Waals surface area contributed by atoms with Gasteiger partial charge in [0.1, 0.15) is 31.5 Å². The lowest BCUT2D eigenvalue weighted by molar-refractivity contribution is -0.358. The topological polar surface area (TPSA) is 238 Å². The van der Waals surface area contributed by atoms with Gasteiger partial charge in [-0.25, -0.2) is 0 Å². The van der Waals surface area contributed by atoms with E-state index in [0.717, 1.165) is 257 Å². The largest absolute Gasteiger partial charge is 0.463 e. The third kappa shape index (κ3) is 47.1. The molecular formula is C84H150O19. The summed E-state index contributed by atoms with van der Waals surface area (Å²) >= 11 is 0. The van der Waals surface area contributed by atoms with Gasteiger partial charge in [-0.05, 0) is 51.4 Å². The van der Waals surface area contributed by atoms with Crippen molar-refractivity contribution in [2.45, 2.75) is 476 Å². The molecule has 2 saturated heterocycles. The average molecular weight is 1460 g/mol. The van der Waals surface area contributed by atoms with Gasteiger partial charge in [0, 0.05) is 51.4 Å². The van der Waals surface area contributed by atoms with E-state index in [0.29, 0.717) is 51.4 Å². The fourth-order valence-corrected chi connectivity index (χ4v) is 13.3. The van der Waals surface area contributed by atoms with Gasteiger partial charge >= 0.3 is 47.8 Å². The lowest BCUT2D eigenvalue weighted by Crippen LogP contribution is -2.67. The molecule has 19 nitrogen and oxygen atoms in total. The van der Waals surface area contributed by atoms with Crippen LogP contribution in [0.5, 0.6) is 0 Å². The average Bonchev–Trinajstić information content (AvgIpc) is 0.766. The molecule has 0 bridgehead atoms. The van der Waals surface area contributed by atoms with Gasteiger partial charge in [-0.15, -0.1) is 0 Å². The minimum absolute atomic E-state index is 0.00101. The standard InChI is InChI=1S/C84H150O19/c1-9-17-25-33-41-49-57-69(85)93-65-67-77(97-71(87)59-51-43-35-27-19-11-3)79(98-72(88)60-52-44-36-28-20-12-4)82(101-75(91)63-55-47-39-31-23-15-7)84(96-67)103-78-68(66-94-70(86)58-50-42-34-26-18-10-2)95-83(102-76(92)64-56-48-40-32-24-16-8)81(100-74(90)62-54-46-38-30-22-14-6)80(78)99-73(89)61-53-45-37-29-21-13-5/h67-68,77-84H,9-66H2,1-8H3/t67-,68-,77-,78-,79+,80+,81-,82-,83-,84+/m1/s1. The predicted molar refractivity (Wildman–Crippen MR) is 404 cm³/mol. The Balaban J connectivity index is 3.15. The molecule has 2 fully saturated rings. The number of hydrogen-bond acceptors (Lipinski definition) is 19. The molecule has 2 rings (SSSR count). The van der Waals surface area contributed by atoms with Crippen molar-refractivity contribution in [3.8, 4) is 0 Å². The molecule has 2 aliphatic heterocycles. The van der Waals surface area contributed by atoms with E-state index in [9.17, 15) is 38.4 Å². The molecule has 103 heavy (non-hydrogen) atoms. The highest BCUT2D eigenvalue weighted by atomic mass is 16.8. The van der Waals surface area contributed by atoms with Crippen LogP contribution in [0.25, 0.3) is 0 Å². The second kappa shape index (κ2) is 64.8. The van der Waals surface area contributed by atoms with Crippen LogP contribution in [0.1, 0.15) is 415 Å². The zero-order valence-corrected chi connectivity index (χ0v) is 66.5. The van der Waals surface area contributed by atoms with Crippen LogP contribution in [0.15, 0.2) is 0 Å². The first-order valence-corrected chi connectivity index (χ1v) is 42.6. The van der Waals surface area contributed by atoms with Crippen LogP contribution in [0.3, 0.4) is 0 Å². The Hall–Kier alpha value is -4.36. The van der Waals surface area contributed by atoms with Crippen molar-refractivity contribution in [1.82, 2.24) is 0 Å². The van der Waals surface area contributed by atoms with Crippen molar-refractivity contribution in [3.05, 3.63) is 0 Å². The highest BCUT2D eigenvalue weighted by Crippen LogP contribution is 2.37. The molecule has 0 radical (unpaired) electrons. The lowest BCUT2D eigenvalue weighted by atomic mass is 9.95. The van der Waals surface area contributed by atoms with Gasteiger partial charge in [0.25, 0.3) is 0 Å². The first-order valence-electron chi connectivity index (χ1n) is 42.6. The van der Waals surface area contributed by atoms with Gasteiger partial charge in [-0.1, -0.05) is 312 Å². The molecule has 0 amide bonds. The molecular weight excluding hydrogens is 1310 g/mol. The molecule has 2 aliphatic rings. The summed E-state index contributed by atoms with van der Waals surface area (Å²) in [6.45, 7) is 16.0. The Kier molecular flexibility index (Phi) is 59.6. The van der Waals surface area contributed by atoms with E-state index in [1.165, 1.54) is 0 Å². The highest BCUT2D eigenvalue weighted by Gasteiger charge is 2.58.